The minimum absolute atomic E-state index is 0.0251. The van der Waals surface area contributed by atoms with Gasteiger partial charge in [-0.25, -0.2) is 14.4 Å². The SMILES string of the molecule is N#Cc1ccc2nn(C[C@@H]3C[C@H](C(=O)N4N=CCC4c4cncc(F)c4)C4CC3C4)cc2n1. The molecular formula is C24H22FN7O. The monoisotopic (exact) mass is 443 g/mol. The zero-order chi connectivity index (χ0) is 22.5. The summed E-state index contributed by atoms with van der Waals surface area (Å²) in [6.07, 6.45) is 9.84. The number of hydrogen-bond donors (Lipinski definition) is 0. The lowest BCUT2D eigenvalue weighted by Gasteiger charge is -2.51. The molecule has 3 aromatic rings. The smallest absolute Gasteiger partial charge is 0.246 e. The number of carbonyl (C=O) groups excluding carboxylic acids is 1. The summed E-state index contributed by atoms with van der Waals surface area (Å²) in [5.41, 5.74) is 2.53. The largest absolute Gasteiger partial charge is 0.273 e. The molecule has 3 saturated carbocycles. The molecule has 0 saturated heterocycles. The highest BCUT2D eigenvalue weighted by Crippen LogP contribution is 2.53. The number of hydrazone groups is 1. The standard InChI is InChI=1S/C24H22FN7O/c25-18-7-16(10-27-11-18)23-3-4-28-32(23)24(33)20-8-17(14-5-15(20)6-14)12-31-13-22-21(30-31)2-1-19(9-26)29-22/h1-2,4,7,10-11,13-15,17,20,23H,3,5-6,8,12H2/t14?,15?,17-,20-,23?/m0/s1. The molecular weight excluding hydrogens is 421 g/mol. The first kappa shape index (κ1) is 20.0. The fraction of sp³-hybridized carbons (Fsp3) is 0.417. The van der Waals surface area contributed by atoms with E-state index in [4.69, 9.17) is 5.26 Å². The van der Waals surface area contributed by atoms with Crippen LogP contribution in [0.3, 0.4) is 0 Å². The van der Waals surface area contributed by atoms with Crippen molar-refractivity contribution in [2.45, 2.75) is 38.3 Å². The molecule has 166 valence electrons. The van der Waals surface area contributed by atoms with Crippen molar-refractivity contribution < 1.29 is 9.18 Å². The predicted molar refractivity (Wildman–Crippen MR) is 117 cm³/mol. The van der Waals surface area contributed by atoms with Gasteiger partial charge in [-0.2, -0.15) is 15.5 Å². The molecule has 1 aliphatic heterocycles. The second kappa shape index (κ2) is 7.73. The normalized spacial score (nSPS) is 28.0. The van der Waals surface area contributed by atoms with Gasteiger partial charge >= 0.3 is 0 Å². The van der Waals surface area contributed by atoms with Crippen molar-refractivity contribution in [1.82, 2.24) is 24.8 Å². The minimum Gasteiger partial charge on any atom is -0.273 e. The Labute approximate surface area is 189 Å². The molecule has 3 fully saturated rings. The summed E-state index contributed by atoms with van der Waals surface area (Å²) in [6, 6.07) is 6.69. The van der Waals surface area contributed by atoms with E-state index >= 15 is 0 Å². The molecule has 3 atom stereocenters. The van der Waals surface area contributed by atoms with Crippen molar-refractivity contribution in [3.05, 3.63) is 53.9 Å². The van der Waals surface area contributed by atoms with Crippen molar-refractivity contribution in [2.24, 2.45) is 28.8 Å². The van der Waals surface area contributed by atoms with Gasteiger partial charge in [-0.05, 0) is 60.8 Å². The third-order valence-electron chi connectivity index (χ3n) is 7.43. The van der Waals surface area contributed by atoms with Gasteiger partial charge in [0.2, 0.25) is 5.91 Å². The van der Waals surface area contributed by atoms with E-state index in [0.717, 1.165) is 31.3 Å². The number of nitrogens with zero attached hydrogens (tertiary/aromatic N) is 7. The molecule has 1 amide bonds. The Bertz CT molecular complexity index is 1310. The lowest BCUT2D eigenvalue weighted by atomic mass is 9.55. The van der Waals surface area contributed by atoms with Crippen LogP contribution in [0.4, 0.5) is 4.39 Å². The van der Waals surface area contributed by atoms with Gasteiger partial charge in [-0.1, -0.05) is 0 Å². The second-order valence-corrected chi connectivity index (χ2v) is 9.33. The van der Waals surface area contributed by atoms with Crippen LogP contribution < -0.4 is 0 Å². The van der Waals surface area contributed by atoms with Crippen molar-refractivity contribution >= 4 is 23.2 Å². The lowest BCUT2D eigenvalue weighted by molar-refractivity contribution is -0.147. The number of amides is 1. The van der Waals surface area contributed by atoms with E-state index in [1.54, 1.807) is 23.5 Å². The molecule has 3 aromatic heterocycles. The van der Waals surface area contributed by atoms with Crippen molar-refractivity contribution in [3.8, 4) is 6.07 Å². The van der Waals surface area contributed by atoms with Crippen LogP contribution in [0.25, 0.3) is 11.0 Å². The first-order valence-electron chi connectivity index (χ1n) is 11.3. The van der Waals surface area contributed by atoms with Crippen molar-refractivity contribution in [2.75, 3.05) is 0 Å². The maximum Gasteiger partial charge on any atom is 0.246 e. The third-order valence-corrected chi connectivity index (χ3v) is 7.43. The summed E-state index contributed by atoms with van der Waals surface area (Å²) in [7, 11) is 0. The number of halogens is 1. The number of pyridine rings is 2. The molecule has 33 heavy (non-hydrogen) atoms. The number of hydrogen-bond acceptors (Lipinski definition) is 6. The van der Waals surface area contributed by atoms with Crippen molar-refractivity contribution in [3.63, 3.8) is 0 Å². The average Bonchev–Trinajstić information content (AvgIpc) is 3.44. The van der Waals surface area contributed by atoms with E-state index in [1.807, 2.05) is 16.9 Å². The van der Waals surface area contributed by atoms with Crippen LogP contribution >= 0.6 is 0 Å². The minimum atomic E-state index is -0.408. The maximum atomic E-state index is 13.7. The molecule has 0 radical (unpaired) electrons. The van der Waals surface area contributed by atoms with Crippen LogP contribution in [0.15, 0.2) is 41.9 Å². The van der Waals surface area contributed by atoms with Gasteiger partial charge < -0.3 is 0 Å². The van der Waals surface area contributed by atoms with Crippen molar-refractivity contribution in [1.29, 1.82) is 5.26 Å². The highest BCUT2D eigenvalue weighted by Gasteiger charge is 2.50. The zero-order valence-corrected chi connectivity index (χ0v) is 17.9. The fourth-order valence-electron chi connectivity index (χ4n) is 5.69. The van der Waals surface area contributed by atoms with E-state index in [1.165, 1.54) is 12.3 Å². The van der Waals surface area contributed by atoms with Gasteiger partial charge in [0.15, 0.2) is 0 Å². The summed E-state index contributed by atoms with van der Waals surface area (Å²) in [5.74, 6) is 0.852. The van der Waals surface area contributed by atoms with Gasteiger partial charge in [-0.15, -0.1) is 0 Å². The molecule has 7 rings (SSSR count). The quantitative estimate of drug-likeness (QED) is 0.615. The third kappa shape index (κ3) is 3.46. The molecule has 4 heterocycles. The Kier molecular flexibility index (Phi) is 4.68. The maximum absolute atomic E-state index is 13.7. The Balaban J connectivity index is 1.19. The number of rotatable bonds is 4. The zero-order valence-electron chi connectivity index (χ0n) is 17.9. The van der Waals surface area contributed by atoms with E-state index in [0.29, 0.717) is 40.9 Å². The average molecular weight is 443 g/mol. The fourth-order valence-corrected chi connectivity index (χ4v) is 5.69. The van der Waals surface area contributed by atoms with Gasteiger partial charge in [0.25, 0.3) is 0 Å². The Morgan fingerprint density at radius 1 is 1.18 bits per heavy atom. The Morgan fingerprint density at radius 3 is 2.88 bits per heavy atom. The topological polar surface area (TPSA) is 100 Å². The van der Waals surface area contributed by atoms with Crippen LogP contribution in [-0.2, 0) is 11.3 Å². The second-order valence-electron chi connectivity index (χ2n) is 9.33. The van der Waals surface area contributed by atoms with E-state index in [-0.39, 0.29) is 17.9 Å². The molecule has 0 N–H and O–H groups in total. The van der Waals surface area contributed by atoms with E-state index < -0.39 is 5.82 Å². The number of nitriles is 1. The number of carbonyl (C=O) groups is 1. The lowest BCUT2D eigenvalue weighted by Crippen LogP contribution is -2.49. The Hall–Kier alpha value is -3.67. The highest BCUT2D eigenvalue weighted by molar-refractivity contribution is 5.82. The highest BCUT2D eigenvalue weighted by atomic mass is 19.1. The molecule has 1 unspecified atom stereocenters. The van der Waals surface area contributed by atoms with Crippen LogP contribution in [-0.4, -0.2) is 36.9 Å². The Morgan fingerprint density at radius 2 is 2.06 bits per heavy atom. The van der Waals surface area contributed by atoms with Crippen LogP contribution in [0, 0.1) is 40.8 Å². The number of fused-ring (bicyclic) bond motifs is 3. The predicted octanol–water partition coefficient (Wildman–Crippen LogP) is 3.46. The summed E-state index contributed by atoms with van der Waals surface area (Å²) < 4.78 is 15.6. The van der Waals surface area contributed by atoms with Gasteiger partial charge in [0, 0.05) is 31.3 Å². The molecule has 3 aliphatic carbocycles. The molecule has 4 aliphatic rings. The van der Waals surface area contributed by atoms with E-state index in [9.17, 15) is 9.18 Å². The summed E-state index contributed by atoms with van der Waals surface area (Å²) in [4.78, 5) is 21.8. The summed E-state index contributed by atoms with van der Waals surface area (Å²) in [5, 5.41) is 19.6. The van der Waals surface area contributed by atoms with Gasteiger partial charge in [0.1, 0.15) is 28.6 Å². The van der Waals surface area contributed by atoms with Crippen LogP contribution in [0.5, 0.6) is 0 Å². The van der Waals surface area contributed by atoms with Gasteiger partial charge in [0.05, 0.1) is 18.4 Å². The van der Waals surface area contributed by atoms with E-state index in [2.05, 4.69) is 26.2 Å². The molecule has 9 heteroatoms. The van der Waals surface area contributed by atoms with Crippen LogP contribution in [0.1, 0.15) is 43.0 Å². The first-order chi connectivity index (χ1) is 16.1. The molecule has 0 spiro atoms. The molecule has 2 bridgehead atoms. The summed E-state index contributed by atoms with van der Waals surface area (Å²) >= 11 is 0. The molecule has 8 nitrogen and oxygen atoms in total. The van der Waals surface area contributed by atoms with Crippen LogP contribution in [0.2, 0.25) is 0 Å². The van der Waals surface area contributed by atoms with Gasteiger partial charge in [-0.3, -0.25) is 14.5 Å². The molecule has 0 aromatic carbocycles. The summed E-state index contributed by atoms with van der Waals surface area (Å²) in [6.45, 7) is 0.722. The number of aromatic nitrogens is 4. The first-order valence-corrected chi connectivity index (χ1v) is 11.3.